The molecule has 0 saturated carbocycles. The molecule has 0 bridgehead atoms. The van der Waals surface area contributed by atoms with Gasteiger partial charge in [0.1, 0.15) is 0 Å². The molecule has 0 spiro atoms. The van der Waals surface area contributed by atoms with Crippen LogP contribution in [0.5, 0.6) is 0 Å². The summed E-state index contributed by atoms with van der Waals surface area (Å²) >= 11 is 6.09. The number of halogens is 1. The molecule has 1 fully saturated rings. The van der Waals surface area contributed by atoms with Gasteiger partial charge in [-0.1, -0.05) is 28.9 Å². The number of hydrogen-bond acceptors (Lipinski definition) is 6. The van der Waals surface area contributed by atoms with Crippen LogP contribution in [0.3, 0.4) is 0 Å². The number of nitrogens with one attached hydrogen (secondary N) is 1. The smallest absolute Gasteiger partial charge is 0.228 e. The van der Waals surface area contributed by atoms with Gasteiger partial charge in [0.25, 0.3) is 0 Å². The van der Waals surface area contributed by atoms with Crippen LogP contribution in [-0.2, 0) is 16.3 Å². The zero-order chi connectivity index (χ0) is 15.7. The van der Waals surface area contributed by atoms with Crippen LogP contribution in [0, 0.1) is 6.92 Å². The molecule has 1 atom stereocenters. The van der Waals surface area contributed by atoms with E-state index < -0.39 is 15.1 Å². The molecule has 3 rings (SSSR count). The van der Waals surface area contributed by atoms with E-state index in [9.17, 15) is 8.42 Å². The Morgan fingerprint density at radius 2 is 2.27 bits per heavy atom. The number of benzene rings is 1. The van der Waals surface area contributed by atoms with Gasteiger partial charge in [0, 0.05) is 30.1 Å². The van der Waals surface area contributed by atoms with Crippen molar-refractivity contribution in [3.63, 3.8) is 0 Å². The van der Waals surface area contributed by atoms with Crippen LogP contribution in [0.15, 0.2) is 22.7 Å². The molecule has 0 amide bonds. The first-order valence-electron chi connectivity index (χ1n) is 6.97. The van der Waals surface area contributed by atoms with Crippen LogP contribution in [0.2, 0.25) is 5.02 Å². The lowest BCUT2D eigenvalue weighted by atomic mass is 10.1. The highest BCUT2D eigenvalue weighted by Crippen LogP contribution is 2.23. The Hall–Kier alpha value is -1.44. The third kappa shape index (κ3) is 3.16. The van der Waals surface area contributed by atoms with Crippen LogP contribution >= 0.6 is 11.6 Å². The van der Waals surface area contributed by atoms with Crippen molar-refractivity contribution in [3.8, 4) is 11.4 Å². The molecule has 1 aliphatic heterocycles. The van der Waals surface area contributed by atoms with E-state index in [0.717, 1.165) is 11.1 Å². The third-order valence-corrected chi connectivity index (χ3v) is 6.27. The molecule has 0 unspecified atom stereocenters. The van der Waals surface area contributed by atoms with Crippen LogP contribution in [0.1, 0.15) is 11.5 Å². The maximum absolute atomic E-state index is 12.0. The lowest BCUT2D eigenvalue weighted by Crippen LogP contribution is -2.45. The zero-order valence-corrected chi connectivity index (χ0v) is 13.6. The van der Waals surface area contributed by atoms with Crippen molar-refractivity contribution < 1.29 is 12.9 Å². The highest BCUT2D eigenvalue weighted by Gasteiger charge is 2.30. The summed E-state index contributed by atoms with van der Waals surface area (Å²) in [5.41, 5.74) is 1.71. The predicted molar refractivity (Wildman–Crippen MR) is 83.6 cm³/mol. The van der Waals surface area contributed by atoms with E-state index in [1.165, 1.54) is 0 Å². The van der Waals surface area contributed by atoms with Crippen molar-refractivity contribution in [2.75, 3.05) is 18.8 Å². The van der Waals surface area contributed by atoms with Crippen LogP contribution in [-0.4, -0.2) is 42.7 Å². The summed E-state index contributed by atoms with van der Waals surface area (Å²) in [6, 6.07) is 5.50. The monoisotopic (exact) mass is 341 g/mol. The molecule has 8 heteroatoms. The van der Waals surface area contributed by atoms with Crippen molar-refractivity contribution in [2.45, 2.75) is 18.6 Å². The number of nitrogens with zero attached hydrogens (tertiary/aromatic N) is 2. The largest absolute Gasteiger partial charge is 0.339 e. The molecule has 118 valence electrons. The van der Waals surface area contributed by atoms with Gasteiger partial charge in [0.05, 0.1) is 11.0 Å². The normalized spacial score (nSPS) is 20.9. The van der Waals surface area contributed by atoms with E-state index in [1.54, 1.807) is 6.07 Å². The second-order valence-electron chi connectivity index (χ2n) is 5.37. The highest BCUT2D eigenvalue weighted by atomic mass is 35.5. The second kappa shape index (κ2) is 5.98. The van der Waals surface area contributed by atoms with Gasteiger partial charge in [-0.2, -0.15) is 4.98 Å². The topological polar surface area (TPSA) is 85.1 Å². The number of aryl methyl sites for hydroxylation is 1. The highest BCUT2D eigenvalue weighted by molar-refractivity contribution is 7.92. The summed E-state index contributed by atoms with van der Waals surface area (Å²) in [7, 11) is -3.10. The Bertz CT molecular complexity index is 788. The average molecular weight is 342 g/mol. The van der Waals surface area contributed by atoms with Crippen molar-refractivity contribution >= 4 is 21.4 Å². The molecule has 22 heavy (non-hydrogen) atoms. The van der Waals surface area contributed by atoms with Gasteiger partial charge < -0.3 is 9.84 Å². The van der Waals surface area contributed by atoms with Crippen LogP contribution in [0.4, 0.5) is 0 Å². The standard InChI is InChI=1S/C14H16ClN3O3S/c1-9-2-3-10(6-12(9)15)14-17-13(21-18-14)7-11-8-16-4-5-22(11,19)20/h2-3,6,11,16H,4-5,7-8H2,1H3/t11-/m0/s1. The molecule has 1 aromatic carbocycles. The van der Waals surface area contributed by atoms with E-state index in [4.69, 9.17) is 16.1 Å². The third-order valence-electron chi connectivity index (χ3n) is 3.74. The Morgan fingerprint density at radius 3 is 3.00 bits per heavy atom. The summed E-state index contributed by atoms with van der Waals surface area (Å²) in [5.74, 6) is 0.883. The zero-order valence-electron chi connectivity index (χ0n) is 12.0. The molecule has 2 aromatic rings. The molecular formula is C14H16ClN3O3S. The minimum atomic E-state index is -3.10. The molecule has 0 radical (unpaired) electrons. The van der Waals surface area contributed by atoms with Gasteiger partial charge >= 0.3 is 0 Å². The van der Waals surface area contributed by atoms with Crippen LogP contribution < -0.4 is 5.32 Å². The minimum absolute atomic E-state index is 0.145. The molecular weight excluding hydrogens is 326 g/mol. The summed E-state index contributed by atoms with van der Waals surface area (Å²) in [6.45, 7) is 2.82. The fourth-order valence-electron chi connectivity index (χ4n) is 2.35. The summed E-state index contributed by atoms with van der Waals surface area (Å²) < 4.78 is 29.2. The lowest BCUT2D eigenvalue weighted by Gasteiger charge is -2.21. The molecule has 0 aliphatic carbocycles. The number of sulfone groups is 1. The van der Waals surface area contributed by atoms with Crippen molar-refractivity contribution in [1.82, 2.24) is 15.5 Å². The summed E-state index contributed by atoms with van der Waals surface area (Å²) in [5, 5.41) is 7.10. The molecule has 6 nitrogen and oxygen atoms in total. The first-order valence-corrected chi connectivity index (χ1v) is 9.06. The molecule has 1 aliphatic rings. The van der Waals surface area contributed by atoms with Gasteiger partial charge in [0.15, 0.2) is 9.84 Å². The van der Waals surface area contributed by atoms with E-state index in [-0.39, 0.29) is 12.2 Å². The SMILES string of the molecule is Cc1ccc(-c2noc(C[C@H]3CNCCS3(=O)=O)n2)cc1Cl. The summed E-state index contributed by atoms with van der Waals surface area (Å²) in [6.07, 6.45) is 0.224. The molecule has 1 aromatic heterocycles. The van der Waals surface area contributed by atoms with Gasteiger partial charge in [-0.05, 0) is 18.6 Å². The van der Waals surface area contributed by atoms with E-state index in [1.807, 2.05) is 19.1 Å². The molecule has 2 heterocycles. The van der Waals surface area contributed by atoms with Gasteiger partial charge in [0.2, 0.25) is 11.7 Å². The van der Waals surface area contributed by atoms with Crippen molar-refractivity contribution in [3.05, 3.63) is 34.7 Å². The van der Waals surface area contributed by atoms with Crippen molar-refractivity contribution in [2.24, 2.45) is 0 Å². The fourth-order valence-corrected chi connectivity index (χ4v) is 4.06. The predicted octanol–water partition coefficient (Wildman–Crippen LogP) is 1.63. The van der Waals surface area contributed by atoms with Gasteiger partial charge in [-0.3, -0.25) is 0 Å². The van der Waals surface area contributed by atoms with Gasteiger partial charge in [-0.15, -0.1) is 0 Å². The van der Waals surface area contributed by atoms with E-state index in [2.05, 4.69) is 15.5 Å². The lowest BCUT2D eigenvalue weighted by molar-refractivity contribution is 0.373. The Morgan fingerprint density at radius 1 is 1.45 bits per heavy atom. The maximum atomic E-state index is 12.0. The first-order chi connectivity index (χ1) is 10.5. The average Bonchev–Trinajstić information content (AvgIpc) is 2.93. The number of aromatic nitrogens is 2. The van der Waals surface area contributed by atoms with Crippen molar-refractivity contribution in [1.29, 1.82) is 0 Å². The molecule has 1 N–H and O–H groups in total. The number of rotatable bonds is 3. The summed E-state index contributed by atoms with van der Waals surface area (Å²) in [4.78, 5) is 4.28. The first kappa shape index (κ1) is 15.5. The quantitative estimate of drug-likeness (QED) is 0.913. The van der Waals surface area contributed by atoms with Crippen LogP contribution in [0.25, 0.3) is 11.4 Å². The van der Waals surface area contributed by atoms with Gasteiger partial charge in [-0.25, -0.2) is 8.42 Å². The second-order valence-corrected chi connectivity index (χ2v) is 8.18. The Kier molecular flexibility index (Phi) is 4.20. The number of hydrogen-bond donors (Lipinski definition) is 1. The fraction of sp³-hybridized carbons (Fsp3) is 0.429. The minimum Gasteiger partial charge on any atom is -0.339 e. The maximum Gasteiger partial charge on any atom is 0.228 e. The van der Waals surface area contributed by atoms with E-state index >= 15 is 0 Å². The Labute approximate surface area is 133 Å². The molecule has 1 saturated heterocycles. The Balaban J connectivity index is 1.80. The van der Waals surface area contributed by atoms with E-state index in [0.29, 0.717) is 29.8 Å².